The van der Waals surface area contributed by atoms with Crippen LogP contribution in [0.5, 0.6) is 0 Å². The number of aromatic nitrogens is 1. The van der Waals surface area contributed by atoms with Gasteiger partial charge in [0.15, 0.2) is 0 Å². The molecule has 1 aliphatic heterocycles. The minimum absolute atomic E-state index is 0.699. The molecule has 1 aliphatic rings. The number of hydrogen-bond donors (Lipinski definition) is 1. The number of pyridine rings is 1. The van der Waals surface area contributed by atoms with E-state index in [0.29, 0.717) is 5.92 Å². The average molecular weight is 275 g/mol. The lowest BCUT2D eigenvalue weighted by molar-refractivity contribution is 0.529. The summed E-state index contributed by atoms with van der Waals surface area (Å²) in [5.74, 6) is 2.72. The minimum Gasteiger partial charge on any atom is -0.356 e. The quantitative estimate of drug-likeness (QED) is 0.826. The summed E-state index contributed by atoms with van der Waals surface area (Å²) in [6.45, 7) is 11.1. The lowest BCUT2D eigenvalue weighted by atomic mass is 10.0. The smallest absolute Gasteiger partial charge is 0.128 e. The van der Waals surface area contributed by atoms with Crippen LogP contribution in [-0.4, -0.2) is 24.6 Å². The van der Waals surface area contributed by atoms with E-state index in [1.54, 1.807) is 0 Å². The Hall–Kier alpha value is -1.09. The van der Waals surface area contributed by atoms with Gasteiger partial charge in [-0.3, -0.25) is 0 Å². The van der Waals surface area contributed by atoms with Crippen molar-refractivity contribution >= 4 is 5.82 Å². The van der Waals surface area contributed by atoms with Crippen LogP contribution in [0.15, 0.2) is 18.3 Å². The Morgan fingerprint density at radius 1 is 1.45 bits per heavy atom. The Labute approximate surface area is 123 Å². The van der Waals surface area contributed by atoms with E-state index in [-0.39, 0.29) is 0 Å². The van der Waals surface area contributed by atoms with Gasteiger partial charge in [-0.25, -0.2) is 4.98 Å². The molecule has 0 aromatic carbocycles. The van der Waals surface area contributed by atoms with Gasteiger partial charge in [0, 0.05) is 25.8 Å². The monoisotopic (exact) mass is 275 g/mol. The van der Waals surface area contributed by atoms with Crippen molar-refractivity contribution in [2.75, 3.05) is 24.5 Å². The van der Waals surface area contributed by atoms with Crippen molar-refractivity contribution in [3.63, 3.8) is 0 Å². The van der Waals surface area contributed by atoms with Crippen molar-refractivity contribution < 1.29 is 0 Å². The first kappa shape index (κ1) is 15.3. The molecule has 20 heavy (non-hydrogen) atoms. The molecule has 112 valence electrons. The summed E-state index contributed by atoms with van der Waals surface area (Å²) in [7, 11) is 0. The van der Waals surface area contributed by atoms with E-state index >= 15 is 0 Å². The summed E-state index contributed by atoms with van der Waals surface area (Å²) in [4.78, 5) is 7.01. The van der Waals surface area contributed by atoms with E-state index in [0.717, 1.165) is 24.8 Å². The standard InChI is InChI=1S/C17H29N3/c1-4-5-15-7-9-20(13-15)17-10-16(6-8-19-17)12-18-11-14(2)3/h6,8,10,14-15,18H,4-5,7,9,11-13H2,1-3H3. The maximum absolute atomic E-state index is 4.56. The molecule has 0 aliphatic carbocycles. The van der Waals surface area contributed by atoms with Crippen LogP contribution >= 0.6 is 0 Å². The van der Waals surface area contributed by atoms with E-state index in [9.17, 15) is 0 Å². The van der Waals surface area contributed by atoms with Crippen LogP contribution in [-0.2, 0) is 6.54 Å². The van der Waals surface area contributed by atoms with Crippen LogP contribution in [0.2, 0.25) is 0 Å². The van der Waals surface area contributed by atoms with Crippen molar-refractivity contribution in [1.82, 2.24) is 10.3 Å². The summed E-state index contributed by atoms with van der Waals surface area (Å²) in [5.41, 5.74) is 1.34. The van der Waals surface area contributed by atoms with Crippen molar-refractivity contribution in [3.8, 4) is 0 Å². The zero-order chi connectivity index (χ0) is 14.4. The molecule has 1 N–H and O–H groups in total. The predicted octanol–water partition coefficient (Wildman–Crippen LogP) is 3.45. The maximum atomic E-state index is 4.56. The molecule has 1 unspecified atom stereocenters. The van der Waals surface area contributed by atoms with E-state index in [4.69, 9.17) is 0 Å². The second-order valence-electron chi connectivity index (χ2n) is 6.44. The molecule has 2 heterocycles. The van der Waals surface area contributed by atoms with Crippen molar-refractivity contribution in [2.24, 2.45) is 11.8 Å². The highest BCUT2D eigenvalue weighted by molar-refractivity contribution is 5.42. The summed E-state index contributed by atoms with van der Waals surface area (Å²) in [6, 6.07) is 4.37. The first-order valence-corrected chi connectivity index (χ1v) is 8.09. The van der Waals surface area contributed by atoms with Crippen molar-refractivity contribution in [1.29, 1.82) is 0 Å². The molecular weight excluding hydrogens is 246 g/mol. The fraction of sp³-hybridized carbons (Fsp3) is 0.706. The zero-order valence-electron chi connectivity index (χ0n) is 13.2. The fourth-order valence-electron chi connectivity index (χ4n) is 2.93. The molecular formula is C17H29N3. The summed E-state index contributed by atoms with van der Waals surface area (Å²) >= 11 is 0. The SMILES string of the molecule is CCCC1CCN(c2cc(CNCC(C)C)ccn2)C1. The van der Waals surface area contributed by atoms with Gasteiger partial charge in [-0.1, -0.05) is 27.2 Å². The van der Waals surface area contributed by atoms with E-state index in [2.05, 4.69) is 48.1 Å². The topological polar surface area (TPSA) is 28.2 Å². The molecule has 1 aromatic heterocycles. The van der Waals surface area contributed by atoms with Crippen LogP contribution in [0, 0.1) is 11.8 Å². The van der Waals surface area contributed by atoms with Crippen molar-refractivity contribution in [3.05, 3.63) is 23.9 Å². The van der Waals surface area contributed by atoms with Gasteiger partial charge < -0.3 is 10.2 Å². The predicted molar refractivity (Wildman–Crippen MR) is 86.0 cm³/mol. The number of nitrogens with one attached hydrogen (secondary N) is 1. The highest BCUT2D eigenvalue weighted by Crippen LogP contribution is 2.25. The molecule has 1 aromatic rings. The van der Waals surface area contributed by atoms with Crippen LogP contribution in [0.1, 0.15) is 45.6 Å². The van der Waals surface area contributed by atoms with Gasteiger partial charge in [0.2, 0.25) is 0 Å². The summed E-state index contributed by atoms with van der Waals surface area (Å²) < 4.78 is 0. The third-order valence-corrected chi connectivity index (χ3v) is 4.00. The first-order valence-electron chi connectivity index (χ1n) is 8.09. The van der Waals surface area contributed by atoms with Gasteiger partial charge in [0.25, 0.3) is 0 Å². The molecule has 1 fully saturated rings. The first-order chi connectivity index (χ1) is 9.69. The second kappa shape index (κ2) is 7.63. The normalized spacial score (nSPS) is 19.0. The van der Waals surface area contributed by atoms with Gasteiger partial charge in [0.05, 0.1) is 0 Å². The van der Waals surface area contributed by atoms with Crippen molar-refractivity contribution in [2.45, 2.75) is 46.6 Å². The van der Waals surface area contributed by atoms with Crippen LogP contribution in [0.25, 0.3) is 0 Å². The molecule has 2 rings (SSSR count). The number of rotatable bonds is 7. The summed E-state index contributed by atoms with van der Waals surface area (Å²) in [6.07, 6.45) is 5.93. The number of nitrogens with zero attached hydrogens (tertiary/aromatic N) is 2. The average Bonchev–Trinajstić information content (AvgIpc) is 2.88. The van der Waals surface area contributed by atoms with E-state index < -0.39 is 0 Å². The molecule has 3 nitrogen and oxygen atoms in total. The molecule has 0 radical (unpaired) electrons. The van der Waals surface area contributed by atoms with Gasteiger partial charge in [-0.15, -0.1) is 0 Å². The molecule has 0 saturated carbocycles. The van der Waals surface area contributed by atoms with Gasteiger partial charge >= 0.3 is 0 Å². The largest absolute Gasteiger partial charge is 0.356 e. The molecule has 3 heteroatoms. The lowest BCUT2D eigenvalue weighted by Crippen LogP contribution is -2.22. The number of hydrogen-bond acceptors (Lipinski definition) is 3. The highest BCUT2D eigenvalue weighted by Gasteiger charge is 2.22. The van der Waals surface area contributed by atoms with Crippen LogP contribution in [0.4, 0.5) is 5.82 Å². The van der Waals surface area contributed by atoms with Crippen LogP contribution < -0.4 is 10.2 Å². The van der Waals surface area contributed by atoms with E-state index in [1.165, 1.54) is 37.9 Å². The third-order valence-electron chi connectivity index (χ3n) is 4.00. The second-order valence-corrected chi connectivity index (χ2v) is 6.44. The molecule has 1 atom stereocenters. The van der Waals surface area contributed by atoms with E-state index in [1.807, 2.05) is 6.20 Å². The molecule has 0 spiro atoms. The number of anilines is 1. The lowest BCUT2D eigenvalue weighted by Gasteiger charge is -2.18. The Morgan fingerprint density at radius 3 is 3.05 bits per heavy atom. The Balaban J connectivity index is 1.89. The van der Waals surface area contributed by atoms with Gasteiger partial charge in [-0.05, 0) is 48.9 Å². The molecule has 0 amide bonds. The highest BCUT2D eigenvalue weighted by atomic mass is 15.2. The van der Waals surface area contributed by atoms with Gasteiger partial charge in [-0.2, -0.15) is 0 Å². The third kappa shape index (κ3) is 4.48. The van der Waals surface area contributed by atoms with Crippen LogP contribution in [0.3, 0.4) is 0 Å². The zero-order valence-corrected chi connectivity index (χ0v) is 13.2. The molecule has 0 bridgehead atoms. The molecule has 1 saturated heterocycles. The Kier molecular flexibility index (Phi) is 5.84. The fourth-order valence-corrected chi connectivity index (χ4v) is 2.93. The summed E-state index contributed by atoms with van der Waals surface area (Å²) in [5, 5.41) is 3.50. The Bertz CT molecular complexity index is 403. The van der Waals surface area contributed by atoms with Gasteiger partial charge in [0.1, 0.15) is 5.82 Å². The maximum Gasteiger partial charge on any atom is 0.128 e. The minimum atomic E-state index is 0.699. The Morgan fingerprint density at radius 2 is 2.30 bits per heavy atom.